The van der Waals surface area contributed by atoms with Crippen LogP contribution in [0.5, 0.6) is 5.75 Å². The maximum Gasteiger partial charge on any atom is 0.343 e. The Kier molecular flexibility index (Phi) is 4.58. The summed E-state index contributed by atoms with van der Waals surface area (Å²) in [5.41, 5.74) is -0.232. The average molecular weight is 404 g/mol. The van der Waals surface area contributed by atoms with Gasteiger partial charge in [0.05, 0.1) is 18.7 Å². The fraction of sp³-hybridized carbons (Fsp3) is 0.500. The van der Waals surface area contributed by atoms with Gasteiger partial charge in [0.15, 0.2) is 0 Å². The van der Waals surface area contributed by atoms with Crippen LogP contribution in [0.1, 0.15) is 43.0 Å². The van der Waals surface area contributed by atoms with Crippen LogP contribution in [0, 0.1) is 5.41 Å². The fourth-order valence-corrected chi connectivity index (χ4v) is 5.12. The summed E-state index contributed by atoms with van der Waals surface area (Å²) in [6.45, 7) is 2.17. The van der Waals surface area contributed by atoms with E-state index >= 15 is 0 Å². The lowest BCUT2D eigenvalue weighted by Crippen LogP contribution is -2.34. The van der Waals surface area contributed by atoms with Crippen LogP contribution < -0.4 is 10.3 Å². The lowest BCUT2D eigenvalue weighted by atomic mass is 10.0. The van der Waals surface area contributed by atoms with E-state index in [9.17, 15) is 18.4 Å². The first kappa shape index (κ1) is 19.1. The van der Waals surface area contributed by atoms with E-state index in [-0.39, 0.29) is 17.6 Å². The number of carbonyl (C=O) groups excluding carboxylic acids is 1. The molecule has 7 nitrogen and oxygen atoms in total. The number of nitrogens with zero attached hydrogens (tertiary/aromatic N) is 1. The summed E-state index contributed by atoms with van der Waals surface area (Å²) in [4.78, 5) is 24.7. The Morgan fingerprint density at radius 2 is 2.00 bits per heavy atom. The molecule has 1 unspecified atom stereocenters. The van der Waals surface area contributed by atoms with Gasteiger partial charge in [-0.1, -0.05) is 12.1 Å². The highest BCUT2D eigenvalue weighted by Crippen LogP contribution is 2.66. The summed E-state index contributed by atoms with van der Waals surface area (Å²) in [6, 6.07) is 6.86. The van der Waals surface area contributed by atoms with Crippen molar-refractivity contribution < 1.29 is 23.0 Å². The Morgan fingerprint density at radius 3 is 2.57 bits per heavy atom. The van der Waals surface area contributed by atoms with Crippen LogP contribution in [0.4, 0.5) is 0 Å². The first-order chi connectivity index (χ1) is 13.3. The molecule has 2 aromatic rings. The number of aryl methyl sites for hydroxylation is 1. The van der Waals surface area contributed by atoms with E-state index in [0.717, 1.165) is 12.8 Å². The predicted octanol–water partition coefficient (Wildman–Crippen LogP) is 2.29. The number of hydrogen-bond acceptors (Lipinski definition) is 6. The van der Waals surface area contributed by atoms with E-state index in [1.165, 1.54) is 10.6 Å². The molecular weight excluding hydrogens is 382 g/mol. The molecule has 4 rings (SSSR count). The average Bonchev–Trinajstić information content (AvgIpc) is 3.56. The van der Waals surface area contributed by atoms with E-state index in [1.54, 1.807) is 32.2 Å². The van der Waals surface area contributed by atoms with Crippen LogP contribution in [-0.4, -0.2) is 37.3 Å². The summed E-state index contributed by atoms with van der Waals surface area (Å²) in [5.74, 6) is -0.145. The van der Waals surface area contributed by atoms with Crippen molar-refractivity contribution in [2.75, 3.05) is 13.2 Å². The Balaban J connectivity index is 1.67. The molecule has 28 heavy (non-hydrogen) atoms. The smallest absolute Gasteiger partial charge is 0.343 e. The molecule has 0 amide bonds. The number of aromatic nitrogens is 1. The zero-order valence-corrected chi connectivity index (χ0v) is 16.7. The van der Waals surface area contributed by atoms with Crippen LogP contribution in [0.2, 0.25) is 0 Å². The van der Waals surface area contributed by atoms with Crippen molar-refractivity contribution in [2.24, 2.45) is 12.5 Å². The lowest BCUT2D eigenvalue weighted by molar-refractivity contribution is 0.0524. The van der Waals surface area contributed by atoms with Gasteiger partial charge in [-0.2, -0.15) is 0 Å². The van der Waals surface area contributed by atoms with Crippen LogP contribution in [0.3, 0.4) is 0 Å². The van der Waals surface area contributed by atoms with Gasteiger partial charge in [0.2, 0.25) is 0 Å². The molecule has 0 aliphatic heterocycles. The summed E-state index contributed by atoms with van der Waals surface area (Å²) < 4.78 is 35.2. The fourth-order valence-electron chi connectivity index (χ4n) is 4.07. The molecule has 1 heterocycles. The van der Waals surface area contributed by atoms with Crippen molar-refractivity contribution >= 4 is 28.0 Å². The summed E-state index contributed by atoms with van der Waals surface area (Å²) in [5, 5.41) is 0.682. The van der Waals surface area contributed by atoms with E-state index in [1.807, 2.05) is 0 Å². The first-order valence-electron chi connectivity index (χ1n) is 9.37. The van der Waals surface area contributed by atoms with Crippen LogP contribution in [0.25, 0.3) is 10.9 Å². The van der Waals surface area contributed by atoms with E-state index in [4.69, 9.17) is 9.47 Å². The number of esters is 1. The standard InChI is InChI=1S/C20H23NO6S/c1-3-26-18(23)14-11-13-5-4-6-15(16(13)21(2)17(14)22)27-12-19(7-8-19)20(9-10-20)28(24)25/h4-6,11H,3,7-10,12H2,1-2H3,(H,24,25)/p-1. The normalized spacial score (nSPS) is 19.8. The molecule has 0 spiro atoms. The number of fused-ring (bicyclic) bond motifs is 1. The predicted molar refractivity (Wildman–Crippen MR) is 103 cm³/mol. The van der Waals surface area contributed by atoms with Crippen LogP contribution in [-0.2, 0) is 22.9 Å². The zero-order chi connectivity index (χ0) is 20.1. The molecule has 1 aromatic carbocycles. The third-order valence-corrected chi connectivity index (χ3v) is 7.52. The van der Waals surface area contributed by atoms with Crippen molar-refractivity contribution in [3.8, 4) is 5.75 Å². The van der Waals surface area contributed by atoms with Gasteiger partial charge in [-0.15, -0.1) is 0 Å². The molecule has 0 N–H and O–H groups in total. The molecule has 1 atom stereocenters. The minimum Gasteiger partial charge on any atom is -0.772 e. The van der Waals surface area contributed by atoms with E-state index in [2.05, 4.69) is 0 Å². The number of rotatable bonds is 7. The van der Waals surface area contributed by atoms with Crippen molar-refractivity contribution in [2.45, 2.75) is 37.4 Å². The highest BCUT2D eigenvalue weighted by Gasteiger charge is 2.67. The van der Waals surface area contributed by atoms with Gasteiger partial charge in [-0.05, 0) is 55.8 Å². The van der Waals surface area contributed by atoms with Gasteiger partial charge >= 0.3 is 5.97 Å². The topological polar surface area (TPSA) is 97.7 Å². The minimum atomic E-state index is -2.11. The molecule has 1 aromatic heterocycles. The molecular formula is C20H22NO6S-. The Morgan fingerprint density at radius 1 is 1.29 bits per heavy atom. The maximum absolute atomic E-state index is 12.6. The Bertz CT molecular complexity index is 1030. The number of para-hydroxylation sites is 1. The molecule has 2 aliphatic rings. The lowest BCUT2D eigenvalue weighted by Gasteiger charge is -2.29. The van der Waals surface area contributed by atoms with E-state index < -0.39 is 27.4 Å². The quantitative estimate of drug-likeness (QED) is 0.519. The number of pyridine rings is 1. The molecule has 8 heteroatoms. The molecule has 2 aliphatic carbocycles. The van der Waals surface area contributed by atoms with Gasteiger partial charge < -0.3 is 18.6 Å². The summed E-state index contributed by atoms with van der Waals surface area (Å²) in [7, 11) is 1.59. The van der Waals surface area contributed by atoms with E-state index in [0.29, 0.717) is 36.1 Å². The third kappa shape index (κ3) is 2.86. The largest absolute Gasteiger partial charge is 0.772 e. The third-order valence-electron chi connectivity index (χ3n) is 6.04. The molecule has 0 saturated heterocycles. The van der Waals surface area contributed by atoms with Gasteiger partial charge in [-0.3, -0.25) is 9.00 Å². The zero-order valence-electron chi connectivity index (χ0n) is 15.9. The number of ether oxygens (including phenoxy) is 2. The monoisotopic (exact) mass is 404 g/mol. The van der Waals surface area contributed by atoms with Gasteiger partial charge in [0.1, 0.15) is 11.3 Å². The van der Waals surface area contributed by atoms with Crippen LogP contribution >= 0.6 is 0 Å². The maximum atomic E-state index is 12.6. The first-order valence-corrected chi connectivity index (χ1v) is 10.4. The van der Waals surface area contributed by atoms with Crippen molar-refractivity contribution in [3.63, 3.8) is 0 Å². The molecule has 2 fully saturated rings. The number of carbonyl (C=O) groups is 1. The second-order valence-electron chi connectivity index (χ2n) is 7.63. The second kappa shape index (κ2) is 6.70. The van der Waals surface area contributed by atoms with Gasteiger partial charge in [0.25, 0.3) is 5.56 Å². The molecule has 150 valence electrons. The summed E-state index contributed by atoms with van der Waals surface area (Å²) in [6.07, 6.45) is 3.03. The molecule has 0 radical (unpaired) electrons. The van der Waals surface area contributed by atoms with Crippen molar-refractivity contribution in [1.82, 2.24) is 4.57 Å². The van der Waals surface area contributed by atoms with Crippen molar-refractivity contribution in [3.05, 3.63) is 40.2 Å². The Labute approximate surface area is 164 Å². The minimum absolute atomic E-state index is 0.0219. The SMILES string of the molecule is CCOC(=O)c1cc2cccc(OCC3(C4(S(=O)[O-])CC4)CC3)c2n(C)c1=O. The highest BCUT2D eigenvalue weighted by molar-refractivity contribution is 7.81. The van der Waals surface area contributed by atoms with Crippen LogP contribution in [0.15, 0.2) is 29.1 Å². The highest BCUT2D eigenvalue weighted by atomic mass is 32.2. The number of hydrogen-bond donors (Lipinski definition) is 0. The number of benzene rings is 1. The van der Waals surface area contributed by atoms with Gasteiger partial charge in [-0.25, -0.2) is 4.79 Å². The van der Waals surface area contributed by atoms with Gasteiger partial charge in [0, 0.05) is 22.6 Å². The molecule has 2 saturated carbocycles. The van der Waals surface area contributed by atoms with Crippen molar-refractivity contribution in [1.29, 1.82) is 0 Å². The Hall–Kier alpha value is -2.19. The second-order valence-corrected chi connectivity index (χ2v) is 8.89. The molecule has 0 bridgehead atoms. The summed E-state index contributed by atoms with van der Waals surface area (Å²) >= 11 is -2.11.